The van der Waals surface area contributed by atoms with Crippen LogP contribution in [0.5, 0.6) is 0 Å². The molecule has 0 aliphatic rings. The van der Waals surface area contributed by atoms with Gasteiger partial charge >= 0.3 is 6.18 Å². The Labute approximate surface area is 119 Å². The maximum atomic E-state index is 12.7. The molecule has 1 aromatic heterocycles. The van der Waals surface area contributed by atoms with E-state index in [0.717, 1.165) is 12.1 Å². The van der Waals surface area contributed by atoms with Crippen molar-refractivity contribution in [3.8, 4) is 6.07 Å². The zero-order chi connectivity index (χ0) is 15.2. The summed E-state index contributed by atoms with van der Waals surface area (Å²) in [7, 11) is 1.48. The number of ether oxygens (including phenoxy) is 1. The largest absolute Gasteiger partial charge is 0.416 e. The molecule has 0 spiro atoms. The Balaban J connectivity index is 3.05. The Morgan fingerprint density at radius 1 is 1.40 bits per heavy atom. The highest BCUT2D eigenvalue weighted by atomic mass is 35.5. The minimum atomic E-state index is -4.50. The standard InChI is InChI=1S/C12H13ClF3N3O/c1-20-6-5-19(4-2-3-17)11-8-9(12(14,15)16)7-10(13)18-11/h7-8H,2,4-6H2,1H3. The number of pyridine rings is 1. The third-order valence-corrected chi connectivity index (χ3v) is 2.68. The number of methoxy groups -OCH3 is 1. The fourth-order valence-electron chi connectivity index (χ4n) is 1.54. The molecule has 0 aliphatic heterocycles. The highest BCUT2D eigenvalue weighted by molar-refractivity contribution is 6.29. The molecule has 0 saturated heterocycles. The summed E-state index contributed by atoms with van der Waals surface area (Å²) in [5, 5.41) is 8.35. The van der Waals surface area contributed by atoms with Crippen LogP contribution in [0.4, 0.5) is 19.0 Å². The van der Waals surface area contributed by atoms with Crippen LogP contribution in [0.1, 0.15) is 12.0 Å². The predicted octanol–water partition coefficient (Wildman–Crippen LogP) is 3.12. The minimum absolute atomic E-state index is 0.0807. The number of anilines is 1. The molecule has 0 aliphatic carbocycles. The molecule has 0 atom stereocenters. The van der Waals surface area contributed by atoms with Gasteiger partial charge in [-0.2, -0.15) is 18.4 Å². The second-order valence-corrected chi connectivity index (χ2v) is 4.31. The van der Waals surface area contributed by atoms with Gasteiger partial charge in [0.25, 0.3) is 0 Å². The Morgan fingerprint density at radius 3 is 2.65 bits per heavy atom. The van der Waals surface area contributed by atoms with E-state index in [2.05, 4.69) is 4.98 Å². The number of aromatic nitrogens is 1. The van der Waals surface area contributed by atoms with Gasteiger partial charge in [-0.25, -0.2) is 4.98 Å². The maximum absolute atomic E-state index is 12.7. The van der Waals surface area contributed by atoms with Gasteiger partial charge in [0.2, 0.25) is 0 Å². The average Bonchev–Trinajstić information content (AvgIpc) is 2.37. The van der Waals surface area contributed by atoms with Gasteiger partial charge in [0.15, 0.2) is 0 Å². The van der Waals surface area contributed by atoms with Crippen LogP contribution in [0.3, 0.4) is 0 Å². The Kier molecular flexibility index (Phi) is 6.05. The SMILES string of the molecule is COCCN(CCC#N)c1cc(C(F)(F)F)cc(Cl)n1. The zero-order valence-corrected chi connectivity index (χ0v) is 11.5. The molecular weight excluding hydrogens is 295 g/mol. The molecule has 0 saturated carbocycles. The summed E-state index contributed by atoms with van der Waals surface area (Å²) < 4.78 is 43.1. The van der Waals surface area contributed by atoms with E-state index in [4.69, 9.17) is 21.6 Å². The van der Waals surface area contributed by atoms with Crippen LogP contribution in [-0.4, -0.2) is 31.8 Å². The molecule has 0 aromatic carbocycles. The molecule has 1 aromatic rings. The number of hydrogen-bond acceptors (Lipinski definition) is 4. The maximum Gasteiger partial charge on any atom is 0.416 e. The number of rotatable bonds is 6. The number of nitrogens with zero attached hydrogens (tertiary/aromatic N) is 3. The van der Waals surface area contributed by atoms with Crippen molar-refractivity contribution >= 4 is 17.4 Å². The van der Waals surface area contributed by atoms with Crippen molar-refractivity contribution in [2.75, 3.05) is 31.7 Å². The second-order valence-electron chi connectivity index (χ2n) is 3.92. The van der Waals surface area contributed by atoms with E-state index >= 15 is 0 Å². The van der Waals surface area contributed by atoms with Crippen LogP contribution >= 0.6 is 11.6 Å². The Hall–Kier alpha value is -1.52. The van der Waals surface area contributed by atoms with Crippen molar-refractivity contribution in [1.82, 2.24) is 4.98 Å². The van der Waals surface area contributed by atoms with Crippen molar-refractivity contribution in [3.05, 3.63) is 22.8 Å². The van der Waals surface area contributed by atoms with Crippen molar-refractivity contribution in [3.63, 3.8) is 0 Å². The molecule has 1 heterocycles. The van der Waals surface area contributed by atoms with Crippen molar-refractivity contribution in [2.45, 2.75) is 12.6 Å². The smallest absolute Gasteiger partial charge is 0.383 e. The van der Waals surface area contributed by atoms with Gasteiger partial charge < -0.3 is 9.64 Å². The normalized spacial score (nSPS) is 11.2. The Morgan fingerprint density at radius 2 is 2.10 bits per heavy atom. The van der Waals surface area contributed by atoms with Gasteiger partial charge in [0, 0.05) is 20.2 Å². The third-order valence-electron chi connectivity index (χ3n) is 2.49. The van der Waals surface area contributed by atoms with E-state index < -0.39 is 11.7 Å². The monoisotopic (exact) mass is 307 g/mol. The first kappa shape index (κ1) is 16.5. The van der Waals surface area contributed by atoms with Gasteiger partial charge in [-0.15, -0.1) is 0 Å². The fraction of sp³-hybridized carbons (Fsp3) is 0.500. The van der Waals surface area contributed by atoms with E-state index in [9.17, 15) is 13.2 Å². The fourth-order valence-corrected chi connectivity index (χ4v) is 1.74. The number of alkyl halides is 3. The van der Waals surface area contributed by atoms with Gasteiger partial charge in [-0.1, -0.05) is 11.6 Å². The second kappa shape index (κ2) is 7.31. The van der Waals surface area contributed by atoms with Crippen LogP contribution in [0.25, 0.3) is 0 Å². The van der Waals surface area contributed by atoms with Crippen LogP contribution in [0.15, 0.2) is 12.1 Å². The van der Waals surface area contributed by atoms with Crippen LogP contribution < -0.4 is 4.90 Å². The molecule has 110 valence electrons. The third kappa shape index (κ3) is 4.87. The summed E-state index contributed by atoms with van der Waals surface area (Å²) in [6, 6.07) is 3.62. The first-order valence-electron chi connectivity index (χ1n) is 5.74. The van der Waals surface area contributed by atoms with Crippen LogP contribution in [-0.2, 0) is 10.9 Å². The van der Waals surface area contributed by atoms with Crippen molar-refractivity contribution in [1.29, 1.82) is 5.26 Å². The number of halogens is 4. The quantitative estimate of drug-likeness (QED) is 0.758. The molecular formula is C12H13ClF3N3O. The van der Waals surface area contributed by atoms with E-state index in [1.54, 1.807) is 0 Å². The molecule has 4 nitrogen and oxygen atoms in total. The summed E-state index contributed by atoms with van der Waals surface area (Å²) >= 11 is 5.63. The van der Waals surface area contributed by atoms with E-state index in [1.165, 1.54) is 12.0 Å². The lowest BCUT2D eigenvalue weighted by Crippen LogP contribution is -2.29. The lowest BCUT2D eigenvalue weighted by molar-refractivity contribution is -0.137. The van der Waals surface area contributed by atoms with Crippen molar-refractivity contribution < 1.29 is 17.9 Å². The summed E-state index contributed by atoms with van der Waals surface area (Å²) in [6.07, 6.45) is -4.33. The molecule has 8 heteroatoms. The van der Waals surface area contributed by atoms with E-state index in [0.29, 0.717) is 13.2 Å². The zero-order valence-electron chi connectivity index (χ0n) is 10.7. The van der Waals surface area contributed by atoms with Gasteiger partial charge in [-0.05, 0) is 12.1 Å². The molecule has 0 amide bonds. The Bertz CT molecular complexity index is 488. The van der Waals surface area contributed by atoms with E-state index in [1.807, 2.05) is 6.07 Å². The topological polar surface area (TPSA) is 49.1 Å². The van der Waals surface area contributed by atoms with Gasteiger partial charge in [0.1, 0.15) is 11.0 Å². The number of nitriles is 1. The van der Waals surface area contributed by atoms with Gasteiger partial charge in [0.05, 0.1) is 24.7 Å². The molecule has 20 heavy (non-hydrogen) atoms. The summed E-state index contributed by atoms with van der Waals surface area (Å²) in [6.45, 7) is 0.883. The molecule has 1 rings (SSSR count). The highest BCUT2D eigenvalue weighted by Crippen LogP contribution is 2.32. The molecule has 0 fully saturated rings. The predicted molar refractivity (Wildman–Crippen MR) is 68.6 cm³/mol. The summed E-state index contributed by atoms with van der Waals surface area (Å²) in [5.41, 5.74) is -0.869. The first-order chi connectivity index (χ1) is 9.38. The van der Waals surface area contributed by atoms with Gasteiger partial charge in [-0.3, -0.25) is 0 Å². The van der Waals surface area contributed by atoms with Crippen LogP contribution in [0, 0.1) is 11.3 Å². The lowest BCUT2D eigenvalue weighted by Gasteiger charge is -2.23. The lowest BCUT2D eigenvalue weighted by atomic mass is 10.2. The van der Waals surface area contributed by atoms with Crippen LogP contribution in [0.2, 0.25) is 5.15 Å². The van der Waals surface area contributed by atoms with Crippen molar-refractivity contribution in [2.24, 2.45) is 0 Å². The summed E-state index contributed by atoms with van der Waals surface area (Å²) in [5.74, 6) is 0.0807. The number of hydrogen-bond donors (Lipinski definition) is 0. The average molecular weight is 308 g/mol. The molecule has 0 unspecified atom stereocenters. The molecule has 0 bridgehead atoms. The highest BCUT2D eigenvalue weighted by Gasteiger charge is 2.32. The minimum Gasteiger partial charge on any atom is -0.383 e. The molecule has 0 radical (unpaired) electrons. The summed E-state index contributed by atoms with van der Waals surface area (Å²) in [4.78, 5) is 5.42. The first-order valence-corrected chi connectivity index (χ1v) is 6.12. The van der Waals surface area contributed by atoms with E-state index in [-0.39, 0.29) is 23.9 Å². The molecule has 0 N–H and O–H groups in total.